The van der Waals surface area contributed by atoms with Crippen LogP contribution < -0.4 is 5.73 Å². The summed E-state index contributed by atoms with van der Waals surface area (Å²) in [6.07, 6.45) is 2.62. The fraction of sp³-hybridized carbons (Fsp3) is 0.308. The average molecular weight is 216 g/mol. The summed E-state index contributed by atoms with van der Waals surface area (Å²) in [4.78, 5) is 14.5. The molecule has 84 valence electrons. The zero-order valence-corrected chi connectivity index (χ0v) is 9.58. The molecule has 0 radical (unpaired) electrons. The first kappa shape index (κ1) is 10.7. The summed E-state index contributed by atoms with van der Waals surface area (Å²) in [5.41, 5.74) is 8.68. The van der Waals surface area contributed by atoms with Gasteiger partial charge in [-0.25, -0.2) is 0 Å². The summed E-state index contributed by atoms with van der Waals surface area (Å²) in [5, 5.41) is 1.09. The number of aryl methyl sites for hydroxylation is 1. The molecule has 0 fully saturated rings. The van der Waals surface area contributed by atoms with E-state index < -0.39 is 0 Å². The average Bonchev–Trinajstić information content (AvgIpc) is 2.62. The molecule has 0 bridgehead atoms. The van der Waals surface area contributed by atoms with E-state index in [1.54, 1.807) is 0 Å². The van der Waals surface area contributed by atoms with Gasteiger partial charge < -0.3 is 10.7 Å². The first-order valence-electron chi connectivity index (χ1n) is 5.50. The van der Waals surface area contributed by atoms with E-state index in [0.717, 1.165) is 22.9 Å². The molecule has 1 aromatic heterocycles. The van der Waals surface area contributed by atoms with Crippen molar-refractivity contribution in [3.8, 4) is 0 Å². The predicted octanol–water partition coefficient (Wildman–Crippen LogP) is 2.46. The molecule has 0 saturated heterocycles. The Kier molecular flexibility index (Phi) is 2.69. The van der Waals surface area contributed by atoms with Crippen LogP contribution in [0.2, 0.25) is 0 Å². The summed E-state index contributed by atoms with van der Waals surface area (Å²) in [7, 11) is 0. The zero-order valence-electron chi connectivity index (χ0n) is 9.58. The molecule has 0 aliphatic rings. The molecule has 16 heavy (non-hydrogen) atoms. The van der Waals surface area contributed by atoms with Crippen LogP contribution in [0.15, 0.2) is 24.4 Å². The van der Waals surface area contributed by atoms with Gasteiger partial charge in [-0.3, -0.25) is 4.79 Å². The van der Waals surface area contributed by atoms with Crippen LogP contribution in [-0.4, -0.2) is 10.9 Å². The summed E-state index contributed by atoms with van der Waals surface area (Å²) in [6, 6.07) is 6.17. The highest BCUT2D eigenvalue weighted by molar-refractivity contribution is 5.91. The van der Waals surface area contributed by atoms with Gasteiger partial charge in [-0.05, 0) is 30.5 Å². The third kappa shape index (κ3) is 1.69. The van der Waals surface area contributed by atoms with E-state index in [1.807, 2.05) is 32.2 Å². The second-order valence-electron chi connectivity index (χ2n) is 4.16. The number of amides is 1. The van der Waals surface area contributed by atoms with Gasteiger partial charge in [0.25, 0.3) is 0 Å². The fourth-order valence-corrected chi connectivity index (χ4v) is 2.13. The van der Waals surface area contributed by atoms with Crippen LogP contribution in [0, 0.1) is 6.92 Å². The normalized spacial score (nSPS) is 12.9. The zero-order chi connectivity index (χ0) is 11.7. The van der Waals surface area contributed by atoms with Crippen molar-refractivity contribution in [1.29, 1.82) is 0 Å². The van der Waals surface area contributed by atoms with Gasteiger partial charge in [0.15, 0.2) is 0 Å². The lowest BCUT2D eigenvalue weighted by Gasteiger charge is -2.09. The first-order valence-corrected chi connectivity index (χ1v) is 5.50. The summed E-state index contributed by atoms with van der Waals surface area (Å²) >= 11 is 0. The Morgan fingerprint density at radius 3 is 2.88 bits per heavy atom. The molecule has 0 aliphatic carbocycles. The Morgan fingerprint density at radius 1 is 1.50 bits per heavy atom. The number of nitrogens with one attached hydrogen (secondary N) is 1. The third-order valence-electron chi connectivity index (χ3n) is 3.00. The second kappa shape index (κ2) is 4.00. The number of nitrogens with two attached hydrogens (primary N) is 1. The van der Waals surface area contributed by atoms with Gasteiger partial charge in [0.1, 0.15) is 0 Å². The number of carbonyl (C=O) groups is 1. The molecule has 3 nitrogen and oxygen atoms in total. The van der Waals surface area contributed by atoms with Crippen molar-refractivity contribution in [3.63, 3.8) is 0 Å². The fourth-order valence-electron chi connectivity index (χ4n) is 2.13. The molecule has 1 aromatic carbocycles. The second-order valence-corrected chi connectivity index (χ2v) is 4.16. The standard InChI is InChI=1S/C13H16N2O/c1-3-9(13(14)16)11-7-15-12-6-8(2)4-5-10(11)12/h4-7,9,15H,3H2,1-2H3,(H2,14,16). The number of hydrogen-bond acceptors (Lipinski definition) is 1. The quantitative estimate of drug-likeness (QED) is 0.813. The SMILES string of the molecule is CCC(C(N)=O)c1c[nH]c2cc(C)ccc12. The number of fused-ring (bicyclic) bond motifs is 1. The number of primary amides is 1. The lowest BCUT2D eigenvalue weighted by atomic mass is 9.95. The third-order valence-corrected chi connectivity index (χ3v) is 3.00. The molecule has 1 amide bonds. The summed E-state index contributed by atoms with van der Waals surface area (Å²) in [6.45, 7) is 4.02. The molecule has 2 rings (SSSR count). The van der Waals surface area contributed by atoms with Gasteiger partial charge in [-0.1, -0.05) is 19.1 Å². The maximum atomic E-state index is 11.3. The molecule has 0 spiro atoms. The minimum atomic E-state index is -0.260. The van der Waals surface area contributed by atoms with Crippen LogP contribution in [0.5, 0.6) is 0 Å². The molecule has 0 aliphatic heterocycles. The monoisotopic (exact) mass is 216 g/mol. The van der Waals surface area contributed by atoms with E-state index >= 15 is 0 Å². The topological polar surface area (TPSA) is 58.9 Å². The molecular formula is C13H16N2O. The molecule has 1 heterocycles. The Labute approximate surface area is 94.6 Å². The maximum absolute atomic E-state index is 11.3. The predicted molar refractivity (Wildman–Crippen MR) is 65.3 cm³/mol. The van der Waals surface area contributed by atoms with Gasteiger partial charge in [-0.2, -0.15) is 0 Å². The van der Waals surface area contributed by atoms with E-state index in [0.29, 0.717) is 0 Å². The van der Waals surface area contributed by atoms with Crippen LogP contribution >= 0.6 is 0 Å². The van der Waals surface area contributed by atoms with Crippen LogP contribution in [0.4, 0.5) is 0 Å². The molecule has 2 aromatic rings. The van der Waals surface area contributed by atoms with Crippen LogP contribution in [-0.2, 0) is 4.79 Å². The van der Waals surface area contributed by atoms with Crippen molar-refractivity contribution in [2.24, 2.45) is 5.73 Å². The number of aromatic nitrogens is 1. The van der Waals surface area contributed by atoms with Gasteiger partial charge in [0.05, 0.1) is 5.92 Å². The van der Waals surface area contributed by atoms with E-state index in [1.165, 1.54) is 5.56 Å². The Balaban J connectivity index is 2.57. The first-order chi connectivity index (χ1) is 7.63. The van der Waals surface area contributed by atoms with E-state index in [2.05, 4.69) is 11.1 Å². The van der Waals surface area contributed by atoms with Gasteiger partial charge >= 0.3 is 0 Å². The highest BCUT2D eigenvalue weighted by atomic mass is 16.1. The number of hydrogen-bond donors (Lipinski definition) is 2. The van der Waals surface area contributed by atoms with Crippen LogP contribution in [0.3, 0.4) is 0 Å². The lowest BCUT2D eigenvalue weighted by Crippen LogP contribution is -2.20. The van der Waals surface area contributed by atoms with Crippen molar-refractivity contribution in [2.75, 3.05) is 0 Å². The van der Waals surface area contributed by atoms with E-state index in [4.69, 9.17) is 5.73 Å². The minimum Gasteiger partial charge on any atom is -0.369 e. The Hall–Kier alpha value is -1.77. The highest BCUT2D eigenvalue weighted by Gasteiger charge is 2.18. The van der Waals surface area contributed by atoms with Crippen molar-refractivity contribution in [3.05, 3.63) is 35.5 Å². The molecule has 3 N–H and O–H groups in total. The van der Waals surface area contributed by atoms with Crippen LogP contribution in [0.1, 0.15) is 30.4 Å². The smallest absolute Gasteiger partial charge is 0.225 e. The largest absolute Gasteiger partial charge is 0.369 e. The maximum Gasteiger partial charge on any atom is 0.225 e. The van der Waals surface area contributed by atoms with Crippen molar-refractivity contribution in [2.45, 2.75) is 26.2 Å². The number of carbonyl (C=O) groups excluding carboxylic acids is 1. The minimum absolute atomic E-state index is 0.198. The molecule has 3 heteroatoms. The molecular weight excluding hydrogens is 200 g/mol. The van der Waals surface area contributed by atoms with Crippen molar-refractivity contribution < 1.29 is 4.79 Å². The summed E-state index contributed by atoms with van der Waals surface area (Å²) in [5.74, 6) is -0.458. The summed E-state index contributed by atoms with van der Waals surface area (Å²) < 4.78 is 0. The number of aromatic amines is 1. The van der Waals surface area contributed by atoms with Crippen LogP contribution in [0.25, 0.3) is 10.9 Å². The van der Waals surface area contributed by atoms with Gasteiger partial charge in [0.2, 0.25) is 5.91 Å². The van der Waals surface area contributed by atoms with Gasteiger partial charge in [-0.15, -0.1) is 0 Å². The Morgan fingerprint density at radius 2 is 2.25 bits per heavy atom. The molecule has 0 saturated carbocycles. The molecule has 1 atom stereocenters. The molecule has 1 unspecified atom stereocenters. The number of rotatable bonds is 3. The van der Waals surface area contributed by atoms with E-state index in [-0.39, 0.29) is 11.8 Å². The Bertz CT molecular complexity index is 528. The lowest BCUT2D eigenvalue weighted by molar-refractivity contribution is -0.119. The highest BCUT2D eigenvalue weighted by Crippen LogP contribution is 2.28. The number of benzene rings is 1. The number of H-pyrrole nitrogens is 1. The van der Waals surface area contributed by atoms with Crippen molar-refractivity contribution >= 4 is 16.8 Å². The van der Waals surface area contributed by atoms with Crippen molar-refractivity contribution in [1.82, 2.24) is 4.98 Å². The van der Waals surface area contributed by atoms with E-state index in [9.17, 15) is 4.79 Å². The van der Waals surface area contributed by atoms with Gasteiger partial charge in [0, 0.05) is 17.1 Å².